The molecule has 8 heterocycles. The number of piperazine rings is 1. The van der Waals surface area contributed by atoms with Crippen molar-refractivity contribution < 1.29 is 47.9 Å². The third-order valence-electron chi connectivity index (χ3n) is 12.0. The molecule has 11 rings (SSSR count). The van der Waals surface area contributed by atoms with E-state index in [4.69, 9.17) is 28.1 Å². The molecule has 53 heavy (non-hydrogen) atoms. The van der Waals surface area contributed by atoms with E-state index in [1.165, 1.54) is 25.8 Å². The number of thioether (sulfide) groups is 1. The molecule has 0 unspecified atom stereocenters. The largest absolute Gasteiger partial charge is 0.504 e. The van der Waals surface area contributed by atoms with Gasteiger partial charge in [0, 0.05) is 58.5 Å². The van der Waals surface area contributed by atoms with Crippen molar-refractivity contribution >= 4 is 34.7 Å². The van der Waals surface area contributed by atoms with Gasteiger partial charge in [-0.3, -0.25) is 15.0 Å². The molecule has 4 N–H and O–H groups in total. The van der Waals surface area contributed by atoms with Gasteiger partial charge in [0.2, 0.25) is 6.79 Å². The molecule has 1 spiro atoms. The quantitative estimate of drug-likeness (QED) is 0.172. The van der Waals surface area contributed by atoms with Crippen molar-refractivity contribution in [3.05, 3.63) is 75.0 Å². The van der Waals surface area contributed by atoms with Gasteiger partial charge in [-0.05, 0) is 43.9 Å². The molecule has 4 bridgehead atoms. The fraction of sp³-hybridized carbons (Fsp3) is 0.436. The van der Waals surface area contributed by atoms with Crippen LogP contribution in [0.15, 0.2) is 34.7 Å². The number of ether oxygens (including phenoxy) is 5. The molecule has 0 aliphatic carbocycles. The molecule has 7 aliphatic rings. The van der Waals surface area contributed by atoms with Gasteiger partial charge in [0.15, 0.2) is 28.5 Å². The lowest BCUT2D eigenvalue weighted by molar-refractivity contribution is -0.165. The Bertz CT molecular complexity index is 2260. The van der Waals surface area contributed by atoms with Crippen molar-refractivity contribution in [1.82, 2.24) is 15.5 Å². The van der Waals surface area contributed by atoms with Crippen LogP contribution in [0.5, 0.6) is 28.7 Å². The van der Waals surface area contributed by atoms with Crippen LogP contribution < -0.4 is 29.6 Å². The molecule has 3 aromatic carbocycles. The van der Waals surface area contributed by atoms with Gasteiger partial charge >= 0.3 is 11.9 Å². The predicted molar refractivity (Wildman–Crippen MR) is 192 cm³/mol. The number of benzene rings is 3. The minimum Gasteiger partial charge on any atom is -0.504 e. The second kappa shape index (κ2) is 11.8. The van der Waals surface area contributed by atoms with E-state index < -0.39 is 53.1 Å². The Labute approximate surface area is 308 Å². The maximum absolute atomic E-state index is 14.7. The van der Waals surface area contributed by atoms with E-state index in [-0.39, 0.29) is 24.9 Å². The molecule has 0 amide bonds. The van der Waals surface area contributed by atoms with Gasteiger partial charge in [-0.25, -0.2) is 4.79 Å². The van der Waals surface area contributed by atoms with Crippen LogP contribution in [0.2, 0.25) is 0 Å². The number of furan rings is 1. The van der Waals surface area contributed by atoms with Crippen LogP contribution in [0, 0.1) is 13.8 Å². The van der Waals surface area contributed by atoms with Crippen LogP contribution in [-0.2, 0) is 32.7 Å². The number of aliphatic hydroxyl groups excluding tert-OH is 1. The second-order valence-corrected chi connectivity index (χ2v) is 15.9. The van der Waals surface area contributed by atoms with Crippen LogP contribution in [0.1, 0.15) is 69.0 Å². The van der Waals surface area contributed by atoms with E-state index >= 15 is 0 Å². The number of rotatable bonds is 2. The van der Waals surface area contributed by atoms with Gasteiger partial charge in [-0.15, -0.1) is 11.8 Å². The van der Waals surface area contributed by atoms with Crippen LogP contribution in [-0.4, -0.2) is 78.2 Å². The van der Waals surface area contributed by atoms with Crippen molar-refractivity contribution in [1.29, 1.82) is 0 Å². The molecule has 7 aliphatic heterocycles. The van der Waals surface area contributed by atoms with Gasteiger partial charge in [0.1, 0.15) is 29.9 Å². The summed E-state index contributed by atoms with van der Waals surface area (Å²) >= 11 is 1.49. The number of esters is 2. The molecule has 7 atom stereocenters. The number of aliphatic hydroxyl groups is 1. The maximum Gasteiger partial charge on any atom is 0.335 e. The minimum atomic E-state index is -1.34. The number of methoxy groups -OCH3 is 1. The van der Waals surface area contributed by atoms with E-state index in [2.05, 4.69) is 10.6 Å². The topological polar surface area (TPSA) is 161 Å². The summed E-state index contributed by atoms with van der Waals surface area (Å²) in [5.74, 6) is 1.41. The number of fused-ring (bicyclic) bond motifs is 11. The van der Waals surface area contributed by atoms with E-state index in [0.717, 1.165) is 22.1 Å². The Kier molecular flexibility index (Phi) is 7.35. The normalized spacial score (nSPS) is 29.6. The number of hydrogen-bond donors (Lipinski definition) is 4. The number of nitrogens with one attached hydrogen (secondary N) is 2. The molecule has 13 nitrogen and oxygen atoms in total. The number of phenolic OH excluding ortho intramolecular Hbond substituents is 1. The molecule has 2 fully saturated rings. The van der Waals surface area contributed by atoms with Crippen molar-refractivity contribution in [2.24, 2.45) is 0 Å². The highest BCUT2D eigenvalue weighted by molar-refractivity contribution is 7.99. The average Bonchev–Trinajstić information content (AvgIpc) is 3.79. The highest BCUT2D eigenvalue weighted by atomic mass is 32.2. The van der Waals surface area contributed by atoms with Crippen LogP contribution >= 0.6 is 11.8 Å². The number of nitrogens with zero attached hydrogens (tertiary/aromatic N) is 1. The fourth-order valence-electron chi connectivity index (χ4n) is 9.86. The smallest absolute Gasteiger partial charge is 0.335 e. The van der Waals surface area contributed by atoms with Crippen LogP contribution in [0.25, 0.3) is 11.0 Å². The summed E-state index contributed by atoms with van der Waals surface area (Å²) in [6, 6.07) is 7.57. The zero-order valence-corrected chi connectivity index (χ0v) is 30.4. The van der Waals surface area contributed by atoms with E-state index in [0.29, 0.717) is 76.0 Å². The lowest BCUT2D eigenvalue weighted by Gasteiger charge is -2.59. The highest BCUT2D eigenvalue weighted by Gasteiger charge is 2.60. The summed E-state index contributed by atoms with van der Waals surface area (Å²) in [5, 5.41) is 31.9. The number of carbonyl (C=O) groups is 2. The summed E-state index contributed by atoms with van der Waals surface area (Å²) in [4.78, 5) is 29.5. The Morgan fingerprint density at radius 3 is 2.72 bits per heavy atom. The predicted octanol–water partition coefficient (Wildman–Crippen LogP) is 4.10. The number of hydrogen-bond acceptors (Lipinski definition) is 14. The van der Waals surface area contributed by atoms with Crippen molar-refractivity contribution in [2.45, 2.75) is 74.8 Å². The molecule has 4 aromatic rings. The Balaban J connectivity index is 1.23. The van der Waals surface area contributed by atoms with Gasteiger partial charge in [0.05, 0.1) is 30.5 Å². The van der Waals surface area contributed by atoms with Crippen LogP contribution in [0.4, 0.5) is 0 Å². The molecule has 14 heteroatoms. The zero-order chi connectivity index (χ0) is 36.5. The number of carbonyl (C=O) groups excluding carboxylic acids is 2. The Hall–Kier alpha value is -4.47. The second-order valence-electron chi connectivity index (χ2n) is 14.7. The first-order valence-corrected chi connectivity index (χ1v) is 19.0. The van der Waals surface area contributed by atoms with Gasteiger partial charge in [0.25, 0.3) is 0 Å². The lowest BCUT2D eigenvalue weighted by atomic mass is 9.74. The highest BCUT2D eigenvalue weighted by Crippen LogP contribution is 2.63. The molecule has 1 aromatic heterocycles. The van der Waals surface area contributed by atoms with E-state index in [1.807, 2.05) is 49.1 Å². The van der Waals surface area contributed by atoms with Crippen molar-refractivity contribution in [3.8, 4) is 28.7 Å². The number of aromatic hydroxyl groups is 1. The first-order chi connectivity index (χ1) is 25.6. The Morgan fingerprint density at radius 2 is 1.91 bits per heavy atom. The zero-order valence-electron chi connectivity index (χ0n) is 29.6. The van der Waals surface area contributed by atoms with Crippen molar-refractivity contribution in [2.75, 3.05) is 32.8 Å². The number of phenols is 1. The summed E-state index contributed by atoms with van der Waals surface area (Å²) in [6.45, 7) is 5.41. The molecule has 0 saturated carbocycles. The SMILES string of the molecule is COc1c(C)cc2c(c1O)[C@H]1N[C@@H](C2)[C@H](O)N2[C@H]1[C@@H]1SC[C@]3(NCCc4c3oc3ccccc43)C(=O)OC[C@H]2c2c3c(c(C)c(OC(C)=O)c21)OCO3. The standard InChI is InChI=1S/C39H39N3O10S/c1-16-11-19-12-22-37(45)42-23-13-48-38(46)39(36-21(9-10-40-39)20-7-5-6-8-24(20)52-36)14-53-35(29(42)28(41-22)25(19)30(44)31(16)47-4)27-26(23)34-33(49-15-50-34)17(2)32(27)51-18(3)43/h5-8,11,22-23,28-29,35,37,40-41,44-45H,9-10,12-15H2,1-4H3/t22-,23-,28+,29+,35+,37-,39+/m0/s1. The van der Waals surface area contributed by atoms with Crippen molar-refractivity contribution in [3.63, 3.8) is 0 Å². The maximum atomic E-state index is 14.7. The fourth-order valence-corrected chi connectivity index (χ4v) is 11.5. The van der Waals surface area contributed by atoms with Crippen LogP contribution in [0.3, 0.4) is 0 Å². The molecular formula is C39H39N3O10S. The third-order valence-corrected chi connectivity index (χ3v) is 13.4. The number of aryl methyl sites for hydroxylation is 1. The Morgan fingerprint density at radius 1 is 1.09 bits per heavy atom. The number of para-hydroxylation sites is 1. The lowest BCUT2D eigenvalue weighted by Crippen LogP contribution is -2.69. The molecular weight excluding hydrogens is 703 g/mol. The van der Waals surface area contributed by atoms with E-state index in [9.17, 15) is 19.8 Å². The molecule has 276 valence electrons. The van der Waals surface area contributed by atoms with Gasteiger partial charge in [-0.1, -0.05) is 24.3 Å². The van der Waals surface area contributed by atoms with Gasteiger partial charge in [-0.2, -0.15) is 0 Å². The minimum absolute atomic E-state index is 0.0406. The monoisotopic (exact) mass is 741 g/mol. The summed E-state index contributed by atoms with van der Waals surface area (Å²) in [5.41, 5.74) is 4.65. The third kappa shape index (κ3) is 4.47. The van der Waals surface area contributed by atoms with E-state index in [1.54, 1.807) is 0 Å². The summed E-state index contributed by atoms with van der Waals surface area (Å²) < 4.78 is 36.9. The average molecular weight is 742 g/mol. The van der Waals surface area contributed by atoms with Gasteiger partial charge < -0.3 is 43.6 Å². The summed E-state index contributed by atoms with van der Waals surface area (Å²) in [7, 11) is 1.54. The summed E-state index contributed by atoms with van der Waals surface area (Å²) in [6.07, 6.45) is 0.0827. The molecule has 2 saturated heterocycles. The first kappa shape index (κ1) is 33.1. The first-order valence-electron chi connectivity index (χ1n) is 17.9. The molecule has 0 radical (unpaired) electrons.